The highest BCUT2D eigenvalue weighted by molar-refractivity contribution is 6.00. The van der Waals surface area contributed by atoms with Crippen LogP contribution in [0.3, 0.4) is 0 Å². The lowest BCUT2D eigenvalue weighted by Crippen LogP contribution is -2.50. The second-order valence-electron chi connectivity index (χ2n) is 5.80. The number of nitrogens with zero attached hydrogens (tertiary/aromatic N) is 5. The number of aromatic nitrogens is 4. The molecule has 1 fully saturated rings. The molecule has 0 spiro atoms. The Bertz CT molecular complexity index is 650. The molecule has 122 valence electrons. The molecular formula is C16H21N5O2. The van der Waals surface area contributed by atoms with Gasteiger partial charge in [-0.15, -0.1) is 0 Å². The quantitative estimate of drug-likeness (QED) is 0.859. The first-order chi connectivity index (χ1) is 11.2. The Kier molecular flexibility index (Phi) is 4.66. The first-order valence-electron chi connectivity index (χ1n) is 7.82. The van der Waals surface area contributed by atoms with Crippen molar-refractivity contribution < 1.29 is 9.53 Å². The number of hydrogen-bond acceptors (Lipinski definition) is 5. The zero-order valence-corrected chi connectivity index (χ0v) is 13.4. The average molecular weight is 315 g/mol. The molecule has 1 aliphatic carbocycles. The second-order valence-corrected chi connectivity index (χ2v) is 5.80. The van der Waals surface area contributed by atoms with Crippen LogP contribution in [-0.4, -0.2) is 44.8 Å². The molecule has 2 aromatic heterocycles. The van der Waals surface area contributed by atoms with Gasteiger partial charge in [-0.3, -0.25) is 4.79 Å². The molecule has 1 amide bonds. The van der Waals surface area contributed by atoms with E-state index >= 15 is 0 Å². The van der Waals surface area contributed by atoms with Crippen molar-refractivity contribution in [1.82, 2.24) is 19.6 Å². The van der Waals surface area contributed by atoms with E-state index in [0.717, 1.165) is 31.4 Å². The summed E-state index contributed by atoms with van der Waals surface area (Å²) in [5.41, 5.74) is 1.18. The van der Waals surface area contributed by atoms with Crippen LogP contribution in [0.25, 0.3) is 0 Å². The smallest absolute Gasteiger partial charge is 0.291 e. The van der Waals surface area contributed by atoms with Gasteiger partial charge in [0.1, 0.15) is 18.3 Å². The fourth-order valence-corrected chi connectivity index (χ4v) is 3.05. The van der Waals surface area contributed by atoms with E-state index in [1.165, 1.54) is 6.33 Å². The average Bonchev–Trinajstić information content (AvgIpc) is 3.10. The van der Waals surface area contributed by atoms with E-state index < -0.39 is 0 Å². The van der Waals surface area contributed by atoms with Crippen molar-refractivity contribution in [3.8, 4) is 0 Å². The minimum atomic E-state index is -0.130. The standard InChI is InChI=1S/C16H21N5O2/c1-12-9-15(19-10-18-12)16(22)21(20-8-7-17-11-20)13-3-5-14(23-2)6-4-13/h7-11,13-14H,3-6H2,1-2H3. The van der Waals surface area contributed by atoms with Crippen molar-refractivity contribution in [3.05, 3.63) is 42.5 Å². The number of amides is 1. The van der Waals surface area contributed by atoms with E-state index in [1.54, 1.807) is 41.6 Å². The predicted molar refractivity (Wildman–Crippen MR) is 84.6 cm³/mol. The number of hydrogen-bond donors (Lipinski definition) is 0. The zero-order chi connectivity index (χ0) is 16.2. The Morgan fingerprint density at radius 2 is 2.09 bits per heavy atom. The summed E-state index contributed by atoms with van der Waals surface area (Å²) < 4.78 is 7.18. The Morgan fingerprint density at radius 1 is 1.30 bits per heavy atom. The minimum absolute atomic E-state index is 0.110. The molecule has 0 saturated heterocycles. The van der Waals surface area contributed by atoms with Crippen molar-refractivity contribution in [1.29, 1.82) is 0 Å². The van der Waals surface area contributed by atoms with Gasteiger partial charge in [-0.25, -0.2) is 24.6 Å². The summed E-state index contributed by atoms with van der Waals surface area (Å²) in [5, 5.41) is 1.75. The zero-order valence-electron chi connectivity index (χ0n) is 13.4. The summed E-state index contributed by atoms with van der Waals surface area (Å²) in [6.07, 6.45) is 10.5. The molecule has 0 bridgehead atoms. The molecule has 0 atom stereocenters. The summed E-state index contributed by atoms with van der Waals surface area (Å²) in [7, 11) is 1.74. The third-order valence-electron chi connectivity index (χ3n) is 4.29. The van der Waals surface area contributed by atoms with Gasteiger partial charge in [-0.1, -0.05) is 0 Å². The van der Waals surface area contributed by atoms with Gasteiger partial charge in [0, 0.05) is 25.2 Å². The lowest BCUT2D eigenvalue weighted by molar-refractivity contribution is 0.0606. The van der Waals surface area contributed by atoms with Crippen LogP contribution in [0.4, 0.5) is 0 Å². The Morgan fingerprint density at radius 3 is 2.70 bits per heavy atom. The molecule has 0 aromatic carbocycles. The van der Waals surface area contributed by atoms with Crippen LogP contribution in [0.5, 0.6) is 0 Å². The molecule has 3 rings (SSSR count). The van der Waals surface area contributed by atoms with E-state index in [1.807, 2.05) is 6.92 Å². The summed E-state index contributed by atoms with van der Waals surface area (Å²) in [4.78, 5) is 25.3. The summed E-state index contributed by atoms with van der Waals surface area (Å²) in [5.74, 6) is -0.130. The van der Waals surface area contributed by atoms with Crippen molar-refractivity contribution >= 4 is 5.91 Å². The van der Waals surface area contributed by atoms with Crippen molar-refractivity contribution in [2.45, 2.75) is 44.8 Å². The highest BCUT2D eigenvalue weighted by Crippen LogP contribution is 2.25. The van der Waals surface area contributed by atoms with Crippen LogP contribution >= 0.6 is 0 Å². The largest absolute Gasteiger partial charge is 0.381 e. The third-order valence-corrected chi connectivity index (χ3v) is 4.29. The molecule has 2 aromatic rings. The van der Waals surface area contributed by atoms with E-state index in [4.69, 9.17) is 4.74 Å². The number of ether oxygens (including phenoxy) is 1. The van der Waals surface area contributed by atoms with Crippen LogP contribution < -0.4 is 5.01 Å². The van der Waals surface area contributed by atoms with E-state index in [2.05, 4.69) is 15.0 Å². The fraction of sp³-hybridized carbons (Fsp3) is 0.500. The lowest BCUT2D eigenvalue weighted by Gasteiger charge is -2.36. The van der Waals surface area contributed by atoms with E-state index in [-0.39, 0.29) is 18.1 Å². The highest BCUT2D eigenvalue weighted by Gasteiger charge is 2.31. The Labute approximate surface area is 135 Å². The maximum atomic E-state index is 13.0. The predicted octanol–water partition coefficient (Wildman–Crippen LogP) is 1.72. The van der Waals surface area contributed by atoms with Crippen LogP contribution in [0, 0.1) is 6.92 Å². The molecule has 1 saturated carbocycles. The van der Waals surface area contributed by atoms with Crippen LogP contribution in [0.1, 0.15) is 41.9 Å². The molecule has 7 nitrogen and oxygen atoms in total. The molecule has 0 aliphatic heterocycles. The third kappa shape index (κ3) is 3.39. The SMILES string of the molecule is COC1CCC(N(C(=O)c2cc(C)ncn2)n2ccnc2)CC1. The van der Waals surface area contributed by atoms with E-state index in [0.29, 0.717) is 5.69 Å². The number of methoxy groups -OCH3 is 1. The topological polar surface area (TPSA) is 73.1 Å². The summed E-state index contributed by atoms with van der Waals surface area (Å²) in [6, 6.07) is 1.82. The molecular weight excluding hydrogens is 294 g/mol. The number of imidazole rings is 1. The monoisotopic (exact) mass is 315 g/mol. The van der Waals surface area contributed by atoms with Gasteiger partial charge in [-0.2, -0.15) is 0 Å². The number of rotatable bonds is 4. The fourth-order valence-electron chi connectivity index (χ4n) is 3.05. The first-order valence-corrected chi connectivity index (χ1v) is 7.82. The second kappa shape index (κ2) is 6.87. The normalized spacial score (nSPS) is 21.1. The Balaban J connectivity index is 1.86. The van der Waals surface area contributed by atoms with Gasteiger partial charge in [0.15, 0.2) is 0 Å². The molecule has 2 heterocycles. The number of aryl methyl sites for hydroxylation is 1. The van der Waals surface area contributed by atoms with Gasteiger partial charge in [0.05, 0.1) is 12.1 Å². The molecule has 0 radical (unpaired) electrons. The summed E-state index contributed by atoms with van der Waals surface area (Å²) in [6.45, 7) is 1.85. The van der Waals surface area contributed by atoms with Crippen molar-refractivity contribution in [2.75, 3.05) is 12.1 Å². The van der Waals surface area contributed by atoms with Gasteiger partial charge >= 0.3 is 0 Å². The summed E-state index contributed by atoms with van der Waals surface area (Å²) >= 11 is 0. The minimum Gasteiger partial charge on any atom is -0.381 e. The van der Waals surface area contributed by atoms with E-state index in [9.17, 15) is 4.79 Å². The lowest BCUT2D eigenvalue weighted by atomic mass is 9.92. The first kappa shape index (κ1) is 15.6. The van der Waals surface area contributed by atoms with Gasteiger partial charge in [-0.05, 0) is 38.7 Å². The molecule has 0 unspecified atom stereocenters. The molecule has 1 aliphatic rings. The van der Waals surface area contributed by atoms with Gasteiger partial charge in [0.25, 0.3) is 5.91 Å². The van der Waals surface area contributed by atoms with Gasteiger partial charge < -0.3 is 4.74 Å². The molecule has 23 heavy (non-hydrogen) atoms. The number of carbonyl (C=O) groups excluding carboxylic acids is 1. The van der Waals surface area contributed by atoms with Crippen molar-refractivity contribution in [2.24, 2.45) is 0 Å². The van der Waals surface area contributed by atoms with Crippen molar-refractivity contribution in [3.63, 3.8) is 0 Å². The maximum absolute atomic E-state index is 13.0. The Hall–Kier alpha value is -2.28. The molecule has 7 heteroatoms. The van der Waals surface area contributed by atoms with Crippen LogP contribution in [0.2, 0.25) is 0 Å². The molecule has 0 N–H and O–H groups in total. The van der Waals surface area contributed by atoms with Crippen LogP contribution in [0.15, 0.2) is 31.1 Å². The maximum Gasteiger partial charge on any atom is 0.291 e. The van der Waals surface area contributed by atoms with Crippen LogP contribution in [-0.2, 0) is 4.74 Å². The highest BCUT2D eigenvalue weighted by atomic mass is 16.5. The number of carbonyl (C=O) groups is 1. The van der Waals surface area contributed by atoms with Gasteiger partial charge in [0.2, 0.25) is 0 Å².